The molecule has 1 N–H and O–H groups in total. The molecule has 2 amide bonds. The third-order valence-corrected chi connectivity index (χ3v) is 5.42. The third kappa shape index (κ3) is 4.45. The fraction of sp³-hybridized carbons (Fsp3) is 0.250. The first-order valence-corrected chi connectivity index (χ1v) is 9.49. The van der Waals surface area contributed by atoms with Crippen LogP contribution in [0.2, 0.25) is 0 Å². The Labute approximate surface area is 167 Å². The summed E-state index contributed by atoms with van der Waals surface area (Å²) in [7, 11) is 4.80. The van der Waals surface area contributed by atoms with Gasteiger partial charge < -0.3 is 14.8 Å². The second kappa shape index (κ2) is 8.79. The van der Waals surface area contributed by atoms with E-state index in [1.807, 2.05) is 18.2 Å². The Morgan fingerprint density at radius 3 is 2.54 bits per heavy atom. The lowest BCUT2D eigenvalue weighted by molar-refractivity contribution is -0.127. The van der Waals surface area contributed by atoms with Crippen molar-refractivity contribution in [2.45, 2.75) is 11.7 Å². The zero-order valence-corrected chi connectivity index (χ0v) is 16.7. The normalized spacial score (nSPS) is 17.7. The van der Waals surface area contributed by atoms with Crippen LogP contribution in [-0.4, -0.2) is 48.4 Å². The SMILES string of the molecule is COc1ccc(N=C2SC(CC(=O)Nc3ccccc3OC)C(=O)N2C)cc1. The van der Waals surface area contributed by atoms with E-state index in [-0.39, 0.29) is 18.2 Å². The topological polar surface area (TPSA) is 80.2 Å². The van der Waals surface area contributed by atoms with Gasteiger partial charge in [0.1, 0.15) is 16.7 Å². The second-order valence-corrected chi connectivity index (χ2v) is 7.22. The summed E-state index contributed by atoms with van der Waals surface area (Å²) in [4.78, 5) is 30.9. The van der Waals surface area contributed by atoms with Crippen molar-refractivity contribution in [1.82, 2.24) is 4.90 Å². The van der Waals surface area contributed by atoms with E-state index >= 15 is 0 Å². The number of ether oxygens (including phenoxy) is 2. The number of methoxy groups -OCH3 is 2. The van der Waals surface area contributed by atoms with Crippen LogP contribution in [0.3, 0.4) is 0 Å². The van der Waals surface area contributed by atoms with E-state index < -0.39 is 5.25 Å². The molecule has 1 aliphatic rings. The predicted molar refractivity (Wildman–Crippen MR) is 110 cm³/mol. The molecule has 2 aromatic rings. The highest BCUT2D eigenvalue weighted by Crippen LogP contribution is 2.31. The largest absolute Gasteiger partial charge is 0.497 e. The molecule has 1 atom stereocenters. The molecule has 146 valence electrons. The van der Waals surface area contributed by atoms with Crippen molar-refractivity contribution in [1.29, 1.82) is 0 Å². The van der Waals surface area contributed by atoms with Crippen molar-refractivity contribution in [3.8, 4) is 11.5 Å². The van der Waals surface area contributed by atoms with Gasteiger partial charge in [-0.15, -0.1) is 0 Å². The predicted octanol–water partition coefficient (Wildman–Crippen LogP) is 3.29. The quantitative estimate of drug-likeness (QED) is 0.806. The van der Waals surface area contributed by atoms with Crippen molar-refractivity contribution in [3.63, 3.8) is 0 Å². The van der Waals surface area contributed by atoms with Gasteiger partial charge in [-0.25, -0.2) is 4.99 Å². The molecule has 1 aliphatic heterocycles. The third-order valence-electron chi connectivity index (χ3n) is 4.19. The minimum absolute atomic E-state index is 0.0491. The lowest BCUT2D eigenvalue weighted by atomic mass is 10.2. The van der Waals surface area contributed by atoms with Crippen LogP contribution in [0.5, 0.6) is 11.5 Å². The Bertz CT molecular complexity index is 899. The van der Waals surface area contributed by atoms with Crippen molar-refractivity contribution >= 4 is 40.1 Å². The van der Waals surface area contributed by atoms with Gasteiger partial charge in [-0.2, -0.15) is 0 Å². The molecule has 0 aromatic heterocycles. The molecule has 0 aliphatic carbocycles. The first-order valence-electron chi connectivity index (χ1n) is 8.61. The highest BCUT2D eigenvalue weighted by Gasteiger charge is 2.37. The Morgan fingerprint density at radius 1 is 1.14 bits per heavy atom. The molecule has 1 unspecified atom stereocenters. The molecule has 1 heterocycles. The molecule has 0 bridgehead atoms. The van der Waals surface area contributed by atoms with E-state index in [1.165, 1.54) is 23.8 Å². The fourth-order valence-electron chi connectivity index (χ4n) is 2.68. The maximum Gasteiger partial charge on any atom is 0.242 e. The maximum atomic E-state index is 12.5. The van der Waals surface area contributed by atoms with Crippen LogP contribution in [0, 0.1) is 0 Å². The van der Waals surface area contributed by atoms with Crippen molar-refractivity contribution in [3.05, 3.63) is 48.5 Å². The highest BCUT2D eigenvalue weighted by molar-refractivity contribution is 8.15. The number of hydrogen-bond acceptors (Lipinski definition) is 6. The molecule has 7 nitrogen and oxygen atoms in total. The van der Waals surface area contributed by atoms with E-state index in [2.05, 4.69) is 10.3 Å². The Morgan fingerprint density at radius 2 is 1.86 bits per heavy atom. The lowest BCUT2D eigenvalue weighted by Gasteiger charge is -2.11. The highest BCUT2D eigenvalue weighted by atomic mass is 32.2. The number of thioether (sulfide) groups is 1. The van der Waals surface area contributed by atoms with Crippen LogP contribution in [0.15, 0.2) is 53.5 Å². The Balaban J connectivity index is 1.67. The number of nitrogens with one attached hydrogen (secondary N) is 1. The smallest absolute Gasteiger partial charge is 0.242 e. The monoisotopic (exact) mass is 399 g/mol. The standard InChI is InChI=1S/C20H21N3O4S/c1-23-19(25)17(12-18(24)22-15-6-4-5-7-16(15)27-3)28-20(23)21-13-8-10-14(26-2)11-9-13/h4-11,17H,12H2,1-3H3,(H,22,24). The van der Waals surface area contributed by atoms with Gasteiger partial charge in [0, 0.05) is 13.5 Å². The number of carbonyl (C=O) groups excluding carboxylic acids is 2. The summed E-state index contributed by atoms with van der Waals surface area (Å²) in [6, 6.07) is 14.4. The van der Waals surface area contributed by atoms with Gasteiger partial charge >= 0.3 is 0 Å². The first kappa shape index (κ1) is 19.8. The van der Waals surface area contributed by atoms with Gasteiger partial charge in [0.15, 0.2) is 5.17 Å². The van der Waals surface area contributed by atoms with Crippen LogP contribution in [-0.2, 0) is 9.59 Å². The zero-order chi connectivity index (χ0) is 20.1. The molecule has 0 radical (unpaired) electrons. The van der Waals surface area contributed by atoms with E-state index in [0.29, 0.717) is 22.3 Å². The maximum absolute atomic E-state index is 12.5. The number of aliphatic imine (C=N–C) groups is 1. The van der Waals surface area contributed by atoms with Crippen LogP contribution in [0.25, 0.3) is 0 Å². The van der Waals surface area contributed by atoms with Gasteiger partial charge in [0.05, 0.1) is 25.6 Å². The number of hydrogen-bond donors (Lipinski definition) is 1. The summed E-state index contributed by atoms with van der Waals surface area (Å²) in [5.74, 6) is 0.903. The van der Waals surface area contributed by atoms with Gasteiger partial charge in [0.2, 0.25) is 11.8 Å². The number of amidine groups is 1. The summed E-state index contributed by atoms with van der Waals surface area (Å²) < 4.78 is 10.4. The number of para-hydroxylation sites is 2. The number of benzene rings is 2. The molecule has 0 spiro atoms. The van der Waals surface area contributed by atoms with Crippen LogP contribution >= 0.6 is 11.8 Å². The summed E-state index contributed by atoms with van der Waals surface area (Å²) in [5.41, 5.74) is 1.29. The molecule has 3 rings (SSSR count). The number of anilines is 1. The average Bonchev–Trinajstić information content (AvgIpc) is 2.96. The molecule has 8 heteroatoms. The number of rotatable bonds is 6. The minimum Gasteiger partial charge on any atom is -0.497 e. The number of amides is 2. The number of nitrogens with zero attached hydrogens (tertiary/aromatic N) is 2. The van der Waals surface area contributed by atoms with Crippen molar-refractivity contribution in [2.75, 3.05) is 26.6 Å². The first-order chi connectivity index (χ1) is 13.5. The minimum atomic E-state index is -0.517. The second-order valence-electron chi connectivity index (χ2n) is 6.05. The van der Waals surface area contributed by atoms with E-state index in [1.54, 1.807) is 44.5 Å². The van der Waals surface area contributed by atoms with Gasteiger partial charge in [-0.3, -0.25) is 14.5 Å². The van der Waals surface area contributed by atoms with Gasteiger partial charge in [0.25, 0.3) is 0 Å². The molecule has 2 aromatic carbocycles. The van der Waals surface area contributed by atoms with E-state index in [4.69, 9.17) is 9.47 Å². The van der Waals surface area contributed by atoms with E-state index in [9.17, 15) is 9.59 Å². The Hall–Kier alpha value is -3.00. The van der Waals surface area contributed by atoms with Crippen molar-refractivity contribution in [2.24, 2.45) is 4.99 Å². The van der Waals surface area contributed by atoms with Crippen LogP contribution in [0.1, 0.15) is 6.42 Å². The van der Waals surface area contributed by atoms with Crippen LogP contribution in [0.4, 0.5) is 11.4 Å². The zero-order valence-electron chi connectivity index (χ0n) is 15.8. The van der Waals surface area contributed by atoms with Crippen LogP contribution < -0.4 is 14.8 Å². The van der Waals surface area contributed by atoms with E-state index in [0.717, 1.165) is 5.75 Å². The number of carbonyl (C=O) groups is 2. The average molecular weight is 399 g/mol. The Kier molecular flexibility index (Phi) is 6.20. The molecule has 1 saturated heterocycles. The summed E-state index contributed by atoms with van der Waals surface area (Å²) >= 11 is 1.28. The lowest BCUT2D eigenvalue weighted by Crippen LogP contribution is -2.30. The fourth-order valence-corrected chi connectivity index (χ4v) is 3.84. The van der Waals surface area contributed by atoms with Gasteiger partial charge in [-0.1, -0.05) is 23.9 Å². The summed E-state index contributed by atoms with van der Waals surface area (Å²) in [6.07, 6.45) is 0.0491. The molecule has 1 fully saturated rings. The molecular formula is C20H21N3O4S. The summed E-state index contributed by atoms with van der Waals surface area (Å²) in [5, 5.41) is 2.84. The van der Waals surface area contributed by atoms with Gasteiger partial charge in [-0.05, 0) is 36.4 Å². The molecule has 0 saturated carbocycles. The molecular weight excluding hydrogens is 378 g/mol. The molecule has 28 heavy (non-hydrogen) atoms. The summed E-state index contributed by atoms with van der Waals surface area (Å²) in [6.45, 7) is 0. The van der Waals surface area contributed by atoms with Crippen molar-refractivity contribution < 1.29 is 19.1 Å².